The van der Waals surface area contributed by atoms with Crippen LogP contribution in [-0.2, 0) is 5.41 Å². The second kappa shape index (κ2) is 5.66. The molecule has 0 saturated heterocycles. The number of hydrogen-bond acceptors (Lipinski definition) is 4. The monoisotopic (exact) mass is 328 g/mol. The van der Waals surface area contributed by atoms with E-state index in [2.05, 4.69) is 15.3 Å². The number of anilines is 3. The molecule has 0 aliphatic rings. The Bertz CT molecular complexity index is 660. The van der Waals surface area contributed by atoms with Gasteiger partial charge in [-0.05, 0) is 12.1 Å². The van der Waals surface area contributed by atoms with E-state index in [1.807, 2.05) is 20.8 Å². The molecule has 1 aromatic carbocycles. The van der Waals surface area contributed by atoms with Gasteiger partial charge in [0, 0.05) is 11.5 Å². The molecule has 1 aromatic heterocycles. The first-order valence-electron chi connectivity index (χ1n) is 6.23. The number of benzene rings is 1. The van der Waals surface area contributed by atoms with Crippen LogP contribution in [0.2, 0.25) is 10.0 Å². The lowest BCUT2D eigenvalue weighted by Gasteiger charge is -2.18. The average Bonchev–Trinajstić information content (AvgIpc) is 2.32. The summed E-state index contributed by atoms with van der Waals surface area (Å²) in [5, 5.41) is 3.28. The molecule has 112 valence electrons. The summed E-state index contributed by atoms with van der Waals surface area (Å²) < 4.78 is 13.2. The summed E-state index contributed by atoms with van der Waals surface area (Å²) in [5.41, 5.74) is 5.90. The van der Waals surface area contributed by atoms with Crippen molar-refractivity contribution in [2.45, 2.75) is 26.2 Å². The van der Waals surface area contributed by atoms with Crippen LogP contribution in [0, 0.1) is 5.82 Å². The van der Waals surface area contributed by atoms with Crippen LogP contribution in [0.25, 0.3) is 0 Å². The Morgan fingerprint density at radius 1 is 1.10 bits per heavy atom. The van der Waals surface area contributed by atoms with Gasteiger partial charge in [-0.3, -0.25) is 0 Å². The maximum atomic E-state index is 13.2. The predicted octanol–water partition coefficient (Wildman–Crippen LogP) is 4.55. The molecule has 0 bridgehead atoms. The molecule has 0 radical (unpaired) electrons. The number of nitrogen functional groups attached to an aromatic ring is 1. The maximum absolute atomic E-state index is 13.2. The molecule has 21 heavy (non-hydrogen) atoms. The fraction of sp³-hybridized carbons (Fsp3) is 0.286. The Balaban J connectivity index is 2.43. The molecule has 0 amide bonds. The third kappa shape index (κ3) is 3.74. The Labute approximate surface area is 132 Å². The van der Waals surface area contributed by atoms with E-state index in [9.17, 15) is 4.39 Å². The van der Waals surface area contributed by atoms with Crippen LogP contribution < -0.4 is 11.1 Å². The van der Waals surface area contributed by atoms with E-state index in [-0.39, 0.29) is 15.5 Å². The summed E-state index contributed by atoms with van der Waals surface area (Å²) in [6.45, 7) is 5.93. The van der Waals surface area contributed by atoms with Crippen molar-refractivity contribution in [1.29, 1.82) is 0 Å². The minimum Gasteiger partial charge on any atom is -0.384 e. The normalized spacial score (nSPS) is 11.5. The first-order chi connectivity index (χ1) is 9.66. The van der Waals surface area contributed by atoms with Crippen molar-refractivity contribution >= 4 is 40.5 Å². The Morgan fingerprint density at radius 2 is 1.67 bits per heavy atom. The fourth-order valence-corrected chi connectivity index (χ4v) is 2.21. The van der Waals surface area contributed by atoms with E-state index >= 15 is 0 Å². The van der Waals surface area contributed by atoms with Gasteiger partial charge in [-0.1, -0.05) is 44.0 Å². The summed E-state index contributed by atoms with van der Waals surface area (Å²) in [5.74, 6) is 0.849. The summed E-state index contributed by atoms with van der Waals surface area (Å²) in [6, 6.07) is 3.90. The third-order valence-electron chi connectivity index (χ3n) is 2.68. The standard InChI is InChI=1S/C14H15Cl2FN4/c1-14(2,3)13-19-10(18)6-11(21-13)20-12-8(15)4-7(17)5-9(12)16/h4-6H,1-3H3,(H3,18,19,20,21). The topological polar surface area (TPSA) is 63.8 Å². The molecule has 7 heteroatoms. The molecule has 2 aromatic rings. The molecule has 1 heterocycles. The smallest absolute Gasteiger partial charge is 0.138 e. The SMILES string of the molecule is CC(C)(C)c1nc(N)cc(Nc2c(Cl)cc(F)cc2Cl)n1. The molecule has 0 saturated carbocycles. The molecule has 0 fully saturated rings. The van der Waals surface area contributed by atoms with Crippen LogP contribution in [0.15, 0.2) is 18.2 Å². The summed E-state index contributed by atoms with van der Waals surface area (Å²) in [4.78, 5) is 8.60. The van der Waals surface area contributed by atoms with Crippen LogP contribution in [0.4, 0.5) is 21.7 Å². The molecule has 2 rings (SSSR count). The van der Waals surface area contributed by atoms with E-state index in [4.69, 9.17) is 28.9 Å². The quantitative estimate of drug-likeness (QED) is 0.849. The number of aromatic nitrogens is 2. The van der Waals surface area contributed by atoms with Gasteiger partial charge in [0.2, 0.25) is 0 Å². The van der Waals surface area contributed by atoms with Crippen molar-refractivity contribution in [3.63, 3.8) is 0 Å². The second-order valence-corrected chi connectivity index (χ2v) is 6.44. The van der Waals surface area contributed by atoms with Gasteiger partial charge in [0.05, 0.1) is 15.7 Å². The van der Waals surface area contributed by atoms with Crippen molar-refractivity contribution in [2.24, 2.45) is 0 Å². The highest BCUT2D eigenvalue weighted by atomic mass is 35.5. The zero-order valence-corrected chi connectivity index (χ0v) is 13.3. The van der Waals surface area contributed by atoms with E-state index < -0.39 is 5.82 Å². The van der Waals surface area contributed by atoms with Crippen molar-refractivity contribution in [3.05, 3.63) is 39.9 Å². The van der Waals surface area contributed by atoms with Crippen LogP contribution >= 0.6 is 23.2 Å². The highest BCUT2D eigenvalue weighted by molar-refractivity contribution is 6.39. The number of rotatable bonds is 2. The van der Waals surface area contributed by atoms with Crippen LogP contribution in [0.3, 0.4) is 0 Å². The van der Waals surface area contributed by atoms with Gasteiger partial charge in [0.1, 0.15) is 23.3 Å². The van der Waals surface area contributed by atoms with Crippen molar-refractivity contribution in [2.75, 3.05) is 11.1 Å². The number of nitrogens with zero attached hydrogens (tertiary/aromatic N) is 2. The lowest BCUT2D eigenvalue weighted by atomic mass is 9.96. The van der Waals surface area contributed by atoms with Gasteiger partial charge in [0.25, 0.3) is 0 Å². The van der Waals surface area contributed by atoms with Gasteiger partial charge < -0.3 is 11.1 Å². The van der Waals surface area contributed by atoms with Gasteiger partial charge in [-0.2, -0.15) is 0 Å². The zero-order chi connectivity index (χ0) is 15.8. The molecule has 0 unspecified atom stereocenters. The molecule has 0 aliphatic carbocycles. The van der Waals surface area contributed by atoms with E-state index in [0.29, 0.717) is 23.1 Å². The number of hydrogen-bond donors (Lipinski definition) is 2. The predicted molar refractivity (Wildman–Crippen MR) is 84.8 cm³/mol. The summed E-state index contributed by atoms with van der Waals surface area (Å²) in [7, 11) is 0. The zero-order valence-electron chi connectivity index (χ0n) is 11.8. The molecular formula is C14H15Cl2FN4. The van der Waals surface area contributed by atoms with Crippen LogP contribution in [0.5, 0.6) is 0 Å². The van der Waals surface area contributed by atoms with E-state index in [1.165, 1.54) is 12.1 Å². The highest BCUT2D eigenvalue weighted by Gasteiger charge is 2.19. The maximum Gasteiger partial charge on any atom is 0.138 e. The average molecular weight is 329 g/mol. The fourth-order valence-electron chi connectivity index (χ4n) is 1.66. The minimum absolute atomic E-state index is 0.162. The summed E-state index contributed by atoms with van der Waals surface area (Å²) in [6.07, 6.45) is 0. The van der Waals surface area contributed by atoms with Gasteiger partial charge in [-0.25, -0.2) is 14.4 Å². The number of halogens is 3. The van der Waals surface area contributed by atoms with E-state index in [0.717, 1.165) is 0 Å². The second-order valence-electron chi connectivity index (χ2n) is 5.62. The third-order valence-corrected chi connectivity index (χ3v) is 3.27. The van der Waals surface area contributed by atoms with Gasteiger partial charge >= 0.3 is 0 Å². The van der Waals surface area contributed by atoms with Crippen molar-refractivity contribution in [1.82, 2.24) is 9.97 Å². The van der Waals surface area contributed by atoms with Crippen molar-refractivity contribution < 1.29 is 4.39 Å². The van der Waals surface area contributed by atoms with Crippen molar-refractivity contribution in [3.8, 4) is 0 Å². The number of nitrogens with two attached hydrogens (primary N) is 1. The molecule has 4 nitrogen and oxygen atoms in total. The molecule has 0 spiro atoms. The lowest BCUT2D eigenvalue weighted by molar-refractivity contribution is 0.547. The lowest BCUT2D eigenvalue weighted by Crippen LogP contribution is -2.17. The van der Waals surface area contributed by atoms with Gasteiger partial charge in [-0.15, -0.1) is 0 Å². The van der Waals surface area contributed by atoms with E-state index in [1.54, 1.807) is 6.07 Å². The first-order valence-corrected chi connectivity index (χ1v) is 6.99. The Morgan fingerprint density at radius 3 is 2.19 bits per heavy atom. The van der Waals surface area contributed by atoms with Crippen LogP contribution in [0.1, 0.15) is 26.6 Å². The Kier molecular flexibility index (Phi) is 4.25. The molecule has 3 N–H and O–H groups in total. The molecule has 0 atom stereocenters. The number of nitrogens with one attached hydrogen (secondary N) is 1. The molecule has 0 aliphatic heterocycles. The first kappa shape index (κ1) is 15.8. The van der Waals surface area contributed by atoms with Gasteiger partial charge in [0.15, 0.2) is 0 Å². The summed E-state index contributed by atoms with van der Waals surface area (Å²) >= 11 is 12.0. The van der Waals surface area contributed by atoms with Crippen LogP contribution in [-0.4, -0.2) is 9.97 Å². The highest BCUT2D eigenvalue weighted by Crippen LogP contribution is 2.34. The molecular weight excluding hydrogens is 314 g/mol. The largest absolute Gasteiger partial charge is 0.384 e. The Hall–Kier alpha value is -1.59. The minimum atomic E-state index is -0.506.